The zero-order chi connectivity index (χ0) is 55.5. The van der Waals surface area contributed by atoms with Gasteiger partial charge in [0.05, 0.1) is 11.0 Å². The van der Waals surface area contributed by atoms with Gasteiger partial charge in [-0.3, -0.25) is 0 Å². The van der Waals surface area contributed by atoms with Crippen LogP contribution in [0.15, 0.2) is 290 Å². The normalized spacial score (nSPS) is 11.6. The van der Waals surface area contributed by atoms with Gasteiger partial charge < -0.3 is 24.9 Å². The maximum atomic E-state index is 5.98. The number of anilines is 6. The Balaban J connectivity index is 0.000000104. The number of nitrogens with zero attached hydrogens (tertiary/aromatic N) is 1. The number of thiophene rings is 3. The largest absolute Gasteiger partial charge is 0.456 e. The molecule has 5 heterocycles. The van der Waals surface area contributed by atoms with Crippen LogP contribution in [-0.2, 0) is 0 Å². The van der Waals surface area contributed by atoms with Crippen molar-refractivity contribution in [1.29, 1.82) is 0 Å². The average molecular weight is 1130 g/mol. The minimum atomic E-state index is 0.904. The molecule has 0 bridgehead atoms. The van der Waals surface area contributed by atoms with Crippen LogP contribution >= 0.6 is 34.0 Å². The topological polar surface area (TPSA) is 54.2 Å². The monoisotopic (exact) mass is 1130 g/mol. The fourth-order valence-corrected chi connectivity index (χ4v) is 15.3. The third-order valence-electron chi connectivity index (χ3n) is 15.8. The first-order valence-electron chi connectivity index (χ1n) is 28.1. The van der Waals surface area contributed by atoms with Gasteiger partial charge in [0.2, 0.25) is 0 Å². The van der Waals surface area contributed by atoms with Crippen molar-refractivity contribution < 1.29 is 4.42 Å². The second-order valence-electron chi connectivity index (χ2n) is 21.1. The van der Waals surface area contributed by atoms with Crippen LogP contribution in [0.4, 0.5) is 34.1 Å². The Morgan fingerprint density at radius 1 is 0.250 bits per heavy atom. The molecule has 398 valence electrons. The molecular formula is C76H50N4OS3. The second-order valence-corrected chi connectivity index (χ2v) is 24.3. The highest BCUT2D eigenvalue weighted by atomic mass is 32.1. The van der Waals surface area contributed by atoms with Gasteiger partial charge in [-0.25, -0.2) is 0 Å². The van der Waals surface area contributed by atoms with E-state index in [2.05, 4.69) is 287 Å². The molecule has 13 aromatic carbocycles. The number of furan rings is 1. The van der Waals surface area contributed by atoms with Gasteiger partial charge in [-0.1, -0.05) is 158 Å². The molecular weight excluding hydrogens is 1080 g/mol. The van der Waals surface area contributed by atoms with Gasteiger partial charge >= 0.3 is 0 Å². The quantitative estimate of drug-likeness (QED) is 0.149. The molecule has 84 heavy (non-hydrogen) atoms. The molecule has 0 aliphatic heterocycles. The number of fused-ring (bicyclic) bond motifs is 16. The first-order chi connectivity index (χ1) is 41.6. The fraction of sp³-hybridized carbons (Fsp3) is 0. The molecule has 0 atom stereocenters. The Labute approximate surface area is 495 Å². The van der Waals surface area contributed by atoms with Crippen molar-refractivity contribution in [1.82, 2.24) is 4.57 Å². The summed E-state index contributed by atoms with van der Waals surface area (Å²) in [5, 5.41) is 26.0. The van der Waals surface area contributed by atoms with Crippen LogP contribution in [0.2, 0.25) is 0 Å². The predicted molar refractivity (Wildman–Crippen MR) is 366 cm³/mol. The van der Waals surface area contributed by atoms with E-state index in [-0.39, 0.29) is 0 Å². The lowest BCUT2D eigenvalue weighted by Crippen LogP contribution is -1.93. The van der Waals surface area contributed by atoms with Crippen molar-refractivity contribution >= 4 is 183 Å². The third kappa shape index (κ3) is 9.10. The highest BCUT2D eigenvalue weighted by molar-refractivity contribution is 7.26. The van der Waals surface area contributed by atoms with E-state index in [1.54, 1.807) is 0 Å². The maximum Gasteiger partial charge on any atom is 0.137 e. The van der Waals surface area contributed by atoms with Gasteiger partial charge in [-0.15, -0.1) is 34.0 Å². The fourth-order valence-electron chi connectivity index (χ4n) is 11.9. The highest BCUT2D eigenvalue weighted by Gasteiger charge is 2.15. The first kappa shape index (κ1) is 49.6. The molecule has 0 aliphatic carbocycles. The van der Waals surface area contributed by atoms with Crippen molar-refractivity contribution in [3.63, 3.8) is 0 Å². The summed E-state index contributed by atoms with van der Waals surface area (Å²) in [6.07, 6.45) is 0. The number of hydrogen-bond donors (Lipinski definition) is 3. The van der Waals surface area contributed by atoms with Gasteiger partial charge in [-0.2, -0.15) is 0 Å². The second kappa shape index (κ2) is 21.0. The third-order valence-corrected chi connectivity index (χ3v) is 19.3. The summed E-state index contributed by atoms with van der Waals surface area (Å²) in [4.78, 5) is 0. The van der Waals surface area contributed by atoms with Crippen molar-refractivity contribution in [3.8, 4) is 5.69 Å². The molecule has 0 saturated carbocycles. The smallest absolute Gasteiger partial charge is 0.137 e. The first-order valence-corrected chi connectivity index (χ1v) is 30.6. The van der Waals surface area contributed by atoms with Crippen LogP contribution < -0.4 is 16.0 Å². The van der Waals surface area contributed by atoms with Gasteiger partial charge in [0, 0.05) is 133 Å². The molecule has 0 unspecified atom stereocenters. The highest BCUT2D eigenvalue weighted by Crippen LogP contribution is 2.41. The molecule has 5 aromatic heterocycles. The number of aromatic nitrogens is 1. The Hall–Kier alpha value is -10.2. The standard InChI is InChI=1S/C30H20N2S.C24H15NS2.C22H15NO/c1-2-8-22(9-3-1)32-27-12-6-4-10-23(27)26-18-20(15-17-28(26)32)31-21-14-16-25-24-11-5-7-13-29(24)33-30(25)19-21;1-3-7-21-17(5-1)19-11-9-16(14-24(19)27-21)25-15-10-12-23-20(13-15)18-6-2-4-8-22(18)26-23;1-2-8-17-15(6-1)7-5-10-20(17)23-16-12-13-19-18-9-3-4-11-21(18)24-22(19)14-16/h1-19,31H;1-14,25H;1-14,23H. The predicted octanol–water partition coefficient (Wildman–Crippen LogP) is 23.5. The number of nitrogens with one attached hydrogen (secondary N) is 3. The summed E-state index contributed by atoms with van der Waals surface area (Å²) in [5.74, 6) is 0. The molecule has 0 radical (unpaired) electrons. The van der Waals surface area contributed by atoms with Gasteiger partial charge in [0.1, 0.15) is 11.2 Å². The van der Waals surface area contributed by atoms with Crippen LogP contribution in [-0.4, -0.2) is 4.57 Å². The Morgan fingerprint density at radius 2 is 0.690 bits per heavy atom. The van der Waals surface area contributed by atoms with Crippen LogP contribution in [0.25, 0.3) is 121 Å². The number of hydrogen-bond acceptors (Lipinski definition) is 7. The molecule has 5 nitrogen and oxygen atoms in total. The molecule has 0 spiro atoms. The van der Waals surface area contributed by atoms with E-state index in [1.165, 1.54) is 98.8 Å². The lowest BCUT2D eigenvalue weighted by molar-refractivity contribution is 0.669. The summed E-state index contributed by atoms with van der Waals surface area (Å²) >= 11 is 5.56. The molecule has 8 heteroatoms. The zero-order valence-corrected chi connectivity index (χ0v) is 47.7. The summed E-state index contributed by atoms with van der Waals surface area (Å²) < 4.78 is 16.3. The van der Waals surface area contributed by atoms with E-state index < -0.39 is 0 Å². The number of para-hydroxylation sites is 3. The summed E-state index contributed by atoms with van der Waals surface area (Å²) in [5.41, 5.74) is 12.0. The maximum absolute atomic E-state index is 5.98. The minimum absolute atomic E-state index is 0.904. The van der Waals surface area contributed by atoms with Gasteiger partial charge in [0.15, 0.2) is 0 Å². The van der Waals surface area contributed by atoms with Crippen molar-refractivity contribution in [2.75, 3.05) is 16.0 Å². The molecule has 0 saturated heterocycles. The zero-order valence-electron chi connectivity index (χ0n) is 45.2. The number of rotatable bonds is 7. The average Bonchev–Trinajstić information content (AvgIpc) is 3.87. The lowest BCUT2D eigenvalue weighted by atomic mass is 10.1. The van der Waals surface area contributed by atoms with Crippen molar-refractivity contribution in [2.24, 2.45) is 0 Å². The SMILES string of the molecule is c1ccc(-n2c3ccccc3c3cc(Nc4ccc5c(c4)sc4ccccc45)ccc32)cc1.c1ccc2c(Nc3ccc4c(c3)oc3ccccc34)cccc2c1.c1ccc2c(c1)sc1cc(Nc3ccc4sc5ccccc5c4c3)ccc12. The Morgan fingerprint density at radius 3 is 1.38 bits per heavy atom. The van der Waals surface area contributed by atoms with E-state index in [0.717, 1.165) is 56.1 Å². The summed E-state index contributed by atoms with van der Waals surface area (Å²) in [6, 6.07) is 101. The Bertz CT molecular complexity index is 5510. The van der Waals surface area contributed by atoms with E-state index in [1.807, 2.05) is 52.2 Å². The number of benzene rings is 13. The molecule has 0 aliphatic rings. The van der Waals surface area contributed by atoms with E-state index in [9.17, 15) is 0 Å². The van der Waals surface area contributed by atoms with Gasteiger partial charge in [-0.05, 0) is 127 Å². The summed E-state index contributed by atoms with van der Waals surface area (Å²) in [7, 11) is 0. The molecule has 18 rings (SSSR count). The molecule has 0 fully saturated rings. The van der Waals surface area contributed by atoms with Crippen LogP contribution in [0.5, 0.6) is 0 Å². The van der Waals surface area contributed by atoms with Crippen LogP contribution in [0.3, 0.4) is 0 Å². The van der Waals surface area contributed by atoms with E-state index >= 15 is 0 Å². The van der Waals surface area contributed by atoms with Crippen LogP contribution in [0, 0.1) is 0 Å². The van der Waals surface area contributed by atoms with E-state index in [4.69, 9.17) is 4.42 Å². The lowest BCUT2D eigenvalue weighted by Gasteiger charge is -2.09. The Kier molecular flexibility index (Phi) is 12.4. The molecule has 3 N–H and O–H groups in total. The van der Waals surface area contributed by atoms with Gasteiger partial charge in [0.25, 0.3) is 0 Å². The molecule has 0 amide bonds. The van der Waals surface area contributed by atoms with E-state index in [0.29, 0.717) is 0 Å². The minimum Gasteiger partial charge on any atom is -0.456 e. The van der Waals surface area contributed by atoms with Crippen molar-refractivity contribution in [3.05, 3.63) is 285 Å². The van der Waals surface area contributed by atoms with Crippen LogP contribution in [0.1, 0.15) is 0 Å². The molecule has 18 aromatic rings. The van der Waals surface area contributed by atoms with Crippen molar-refractivity contribution in [2.45, 2.75) is 0 Å². The summed E-state index contributed by atoms with van der Waals surface area (Å²) in [6.45, 7) is 0.